The maximum atomic E-state index is 11.2. The van der Waals surface area contributed by atoms with Crippen LogP contribution in [0.1, 0.15) is 27.2 Å². The number of rotatable bonds is 5. The van der Waals surface area contributed by atoms with Crippen molar-refractivity contribution >= 4 is 23.0 Å². The molecule has 0 radical (unpaired) electrons. The lowest BCUT2D eigenvalue weighted by Gasteiger charge is -2.19. The lowest BCUT2D eigenvalue weighted by Crippen LogP contribution is -2.29. The van der Waals surface area contributed by atoms with Crippen molar-refractivity contribution in [2.75, 3.05) is 22.9 Å². The van der Waals surface area contributed by atoms with Gasteiger partial charge in [0.05, 0.1) is 17.0 Å². The third-order valence-corrected chi connectivity index (χ3v) is 2.37. The summed E-state index contributed by atoms with van der Waals surface area (Å²) in [5.74, 6) is -0.0494. The van der Waals surface area contributed by atoms with Gasteiger partial charge in [0.25, 0.3) is 0 Å². The summed E-state index contributed by atoms with van der Waals surface area (Å²) in [6.45, 7) is 5.62. The molecule has 0 bridgehead atoms. The molecule has 5 nitrogen and oxygen atoms in total. The van der Waals surface area contributed by atoms with Crippen LogP contribution < -0.4 is 16.4 Å². The van der Waals surface area contributed by atoms with E-state index in [0.29, 0.717) is 24.3 Å². The Labute approximate surface area is 107 Å². The standard InChI is InChI=1S/C13H21N3O2/c1-4-12(17)16-9-5-6-11(10(14)7-9)15-8-13(2,3)18/h5-7,15,18H,4,8,14H2,1-3H3,(H,16,17). The molecule has 0 saturated carbocycles. The minimum Gasteiger partial charge on any atom is -0.397 e. The van der Waals surface area contributed by atoms with Crippen molar-refractivity contribution in [1.29, 1.82) is 0 Å². The highest BCUT2D eigenvalue weighted by Gasteiger charge is 2.12. The molecule has 0 aromatic heterocycles. The summed E-state index contributed by atoms with van der Waals surface area (Å²) < 4.78 is 0. The zero-order chi connectivity index (χ0) is 13.8. The number of amides is 1. The molecule has 0 unspecified atom stereocenters. The number of hydrogen-bond acceptors (Lipinski definition) is 4. The molecule has 0 aliphatic carbocycles. The van der Waals surface area contributed by atoms with Crippen molar-refractivity contribution < 1.29 is 9.90 Å². The molecule has 0 heterocycles. The van der Waals surface area contributed by atoms with Gasteiger partial charge in [-0.1, -0.05) is 6.92 Å². The lowest BCUT2D eigenvalue weighted by atomic mass is 10.1. The van der Waals surface area contributed by atoms with Crippen molar-refractivity contribution in [2.45, 2.75) is 32.8 Å². The second-order valence-electron chi connectivity index (χ2n) is 4.87. The molecule has 0 aliphatic rings. The van der Waals surface area contributed by atoms with Crippen molar-refractivity contribution in [3.63, 3.8) is 0 Å². The number of carbonyl (C=O) groups is 1. The molecule has 1 amide bonds. The second kappa shape index (κ2) is 5.73. The van der Waals surface area contributed by atoms with E-state index >= 15 is 0 Å². The van der Waals surface area contributed by atoms with Gasteiger partial charge < -0.3 is 21.5 Å². The molecule has 1 aromatic carbocycles. The number of anilines is 3. The summed E-state index contributed by atoms with van der Waals surface area (Å²) in [6.07, 6.45) is 0.429. The lowest BCUT2D eigenvalue weighted by molar-refractivity contribution is -0.115. The normalized spacial score (nSPS) is 11.1. The van der Waals surface area contributed by atoms with E-state index in [0.717, 1.165) is 5.69 Å². The predicted molar refractivity (Wildman–Crippen MR) is 74.6 cm³/mol. The summed E-state index contributed by atoms with van der Waals surface area (Å²) >= 11 is 0. The molecular weight excluding hydrogens is 230 g/mol. The molecule has 0 spiro atoms. The summed E-state index contributed by atoms with van der Waals surface area (Å²) in [6, 6.07) is 5.25. The number of nitrogens with one attached hydrogen (secondary N) is 2. The quantitative estimate of drug-likeness (QED) is 0.601. The molecule has 0 saturated heterocycles. The van der Waals surface area contributed by atoms with E-state index in [1.807, 2.05) is 0 Å². The van der Waals surface area contributed by atoms with Crippen LogP contribution in [0.25, 0.3) is 0 Å². The molecule has 100 valence electrons. The summed E-state index contributed by atoms with van der Waals surface area (Å²) in [7, 11) is 0. The van der Waals surface area contributed by atoms with Crippen molar-refractivity contribution in [2.24, 2.45) is 0 Å². The summed E-state index contributed by atoms with van der Waals surface area (Å²) in [5.41, 5.74) is 7.02. The minimum absolute atomic E-state index is 0.0494. The number of hydrogen-bond donors (Lipinski definition) is 4. The number of benzene rings is 1. The molecule has 5 N–H and O–H groups in total. The molecule has 1 aromatic rings. The first-order chi connectivity index (χ1) is 8.31. The Morgan fingerprint density at radius 1 is 1.44 bits per heavy atom. The van der Waals surface area contributed by atoms with Gasteiger partial charge in [-0.2, -0.15) is 0 Å². The molecule has 1 rings (SSSR count). The smallest absolute Gasteiger partial charge is 0.224 e. The topological polar surface area (TPSA) is 87.4 Å². The Morgan fingerprint density at radius 3 is 2.61 bits per heavy atom. The fourth-order valence-corrected chi connectivity index (χ4v) is 1.36. The zero-order valence-corrected chi connectivity index (χ0v) is 11.1. The third-order valence-electron chi connectivity index (χ3n) is 2.37. The van der Waals surface area contributed by atoms with Crippen LogP contribution in [0.3, 0.4) is 0 Å². The highest BCUT2D eigenvalue weighted by molar-refractivity contribution is 5.91. The maximum absolute atomic E-state index is 11.2. The highest BCUT2D eigenvalue weighted by Crippen LogP contribution is 2.23. The molecule has 0 fully saturated rings. The maximum Gasteiger partial charge on any atom is 0.224 e. The summed E-state index contributed by atoms with van der Waals surface area (Å²) in [5, 5.41) is 15.4. The second-order valence-corrected chi connectivity index (χ2v) is 4.87. The van der Waals surface area contributed by atoms with Gasteiger partial charge in [-0.3, -0.25) is 4.79 Å². The van der Waals surface area contributed by atoms with E-state index in [4.69, 9.17) is 5.73 Å². The van der Waals surface area contributed by atoms with Crippen LogP contribution in [0.15, 0.2) is 18.2 Å². The average Bonchev–Trinajstić information content (AvgIpc) is 2.26. The van der Waals surface area contributed by atoms with Gasteiger partial charge in [-0.25, -0.2) is 0 Å². The molecular formula is C13H21N3O2. The van der Waals surface area contributed by atoms with Gasteiger partial charge in [-0.15, -0.1) is 0 Å². The van der Waals surface area contributed by atoms with E-state index in [1.54, 1.807) is 39.0 Å². The number of nitrogen functional groups attached to an aromatic ring is 1. The fourth-order valence-electron chi connectivity index (χ4n) is 1.36. The van der Waals surface area contributed by atoms with Gasteiger partial charge in [0, 0.05) is 18.7 Å². The van der Waals surface area contributed by atoms with Crippen LogP contribution >= 0.6 is 0 Å². The minimum atomic E-state index is -0.804. The van der Waals surface area contributed by atoms with Crippen LogP contribution in [0.5, 0.6) is 0 Å². The number of aliphatic hydroxyl groups is 1. The molecule has 18 heavy (non-hydrogen) atoms. The third kappa shape index (κ3) is 4.63. The Balaban J connectivity index is 2.71. The van der Waals surface area contributed by atoms with Crippen LogP contribution in [-0.2, 0) is 4.79 Å². The largest absolute Gasteiger partial charge is 0.397 e. The first-order valence-corrected chi connectivity index (χ1v) is 5.97. The molecule has 5 heteroatoms. The van der Waals surface area contributed by atoms with E-state index < -0.39 is 5.60 Å². The molecule has 0 atom stereocenters. The van der Waals surface area contributed by atoms with Gasteiger partial charge in [0.1, 0.15) is 0 Å². The van der Waals surface area contributed by atoms with Crippen LogP contribution in [0.2, 0.25) is 0 Å². The Bertz CT molecular complexity index is 425. The van der Waals surface area contributed by atoms with Crippen molar-refractivity contribution in [3.05, 3.63) is 18.2 Å². The van der Waals surface area contributed by atoms with Gasteiger partial charge in [-0.05, 0) is 32.0 Å². The van der Waals surface area contributed by atoms with Crippen molar-refractivity contribution in [3.8, 4) is 0 Å². The average molecular weight is 251 g/mol. The van der Waals surface area contributed by atoms with E-state index in [9.17, 15) is 9.90 Å². The summed E-state index contributed by atoms with van der Waals surface area (Å²) in [4.78, 5) is 11.2. The Kier molecular flexibility index (Phi) is 4.55. The first-order valence-electron chi connectivity index (χ1n) is 5.97. The highest BCUT2D eigenvalue weighted by atomic mass is 16.3. The first kappa shape index (κ1) is 14.3. The van der Waals surface area contributed by atoms with Gasteiger partial charge in [0.2, 0.25) is 5.91 Å². The molecule has 0 aliphatic heterocycles. The van der Waals surface area contributed by atoms with E-state index in [-0.39, 0.29) is 5.91 Å². The number of carbonyl (C=O) groups excluding carboxylic acids is 1. The fraction of sp³-hybridized carbons (Fsp3) is 0.462. The Hall–Kier alpha value is -1.75. The van der Waals surface area contributed by atoms with E-state index in [2.05, 4.69) is 10.6 Å². The predicted octanol–water partition coefficient (Wildman–Crippen LogP) is 1.80. The monoisotopic (exact) mass is 251 g/mol. The Morgan fingerprint density at radius 2 is 2.11 bits per heavy atom. The van der Waals surface area contributed by atoms with Gasteiger partial charge >= 0.3 is 0 Å². The zero-order valence-electron chi connectivity index (χ0n) is 11.1. The SMILES string of the molecule is CCC(=O)Nc1ccc(NCC(C)(C)O)c(N)c1. The van der Waals surface area contributed by atoms with Crippen LogP contribution in [-0.4, -0.2) is 23.2 Å². The number of nitrogens with two attached hydrogens (primary N) is 1. The van der Waals surface area contributed by atoms with Crippen LogP contribution in [0.4, 0.5) is 17.1 Å². The van der Waals surface area contributed by atoms with Gasteiger partial charge in [0.15, 0.2) is 0 Å². The van der Waals surface area contributed by atoms with Crippen LogP contribution in [0, 0.1) is 0 Å². The van der Waals surface area contributed by atoms with Crippen molar-refractivity contribution in [1.82, 2.24) is 0 Å². The van der Waals surface area contributed by atoms with E-state index in [1.165, 1.54) is 0 Å².